The van der Waals surface area contributed by atoms with Crippen LogP contribution in [-0.4, -0.2) is 25.2 Å². The lowest BCUT2D eigenvalue weighted by Crippen LogP contribution is -2.27. The van der Waals surface area contributed by atoms with E-state index in [1.165, 1.54) is 23.4 Å². The summed E-state index contributed by atoms with van der Waals surface area (Å²) in [6.07, 6.45) is 4.44. The summed E-state index contributed by atoms with van der Waals surface area (Å²) in [7, 11) is 0. The Bertz CT molecular complexity index is 1100. The quantitative estimate of drug-likeness (QED) is 0.734. The third kappa shape index (κ3) is 2.87. The van der Waals surface area contributed by atoms with Crippen molar-refractivity contribution < 1.29 is 0 Å². The number of nitrogens with one attached hydrogen (secondary N) is 1. The third-order valence-electron chi connectivity index (χ3n) is 5.12. The predicted octanol–water partition coefficient (Wildman–Crippen LogP) is 4.36. The second-order valence-electron chi connectivity index (χ2n) is 8.50. The minimum Gasteiger partial charge on any atom is -0.365 e. The van der Waals surface area contributed by atoms with Gasteiger partial charge in [-0.15, -0.1) is 11.8 Å². The maximum atomic E-state index is 12.8. The summed E-state index contributed by atoms with van der Waals surface area (Å²) in [4.78, 5) is 17.8. The van der Waals surface area contributed by atoms with Gasteiger partial charge in [-0.2, -0.15) is 0 Å². The summed E-state index contributed by atoms with van der Waals surface area (Å²) in [6.45, 7) is 7.26. The highest BCUT2D eigenvalue weighted by Gasteiger charge is 2.34. The number of imidazole rings is 1. The molecule has 4 heterocycles. The van der Waals surface area contributed by atoms with E-state index in [1.807, 2.05) is 46.8 Å². The number of hydrogen-bond acceptors (Lipinski definition) is 4. The van der Waals surface area contributed by atoms with E-state index in [2.05, 4.69) is 30.5 Å². The Labute approximate surface area is 162 Å². The van der Waals surface area contributed by atoms with Crippen molar-refractivity contribution in [3.63, 3.8) is 0 Å². The number of hydrogen-bond donors (Lipinski definition) is 1. The van der Waals surface area contributed by atoms with Gasteiger partial charge < -0.3 is 9.88 Å². The lowest BCUT2D eigenvalue weighted by molar-refractivity contribution is 0.629. The second kappa shape index (κ2) is 5.89. The Morgan fingerprint density at radius 1 is 1.26 bits per heavy atom. The highest BCUT2D eigenvalue weighted by atomic mass is 32.2. The summed E-state index contributed by atoms with van der Waals surface area (Å²) in [5, 5.41) is 4.80. The van der Waals surface area contributed by atoms with Crippen LogP contribution < -0.4 is 10.9 Å². The lowest BCUT2D eigenvalue weighted by Gasteiger charge is -2.23. The Morgan fingerprint density at radius 2 is 2.07 bits per heavy atom. The topological polar surface area (TPSA) is 51.3 Å². The van der Waals surface area contributed by atoms with Crippen LogP contribution in [0.4, 0.5) is 5.82 Å². The average molecular weight is 381 g/mol. The van der Waals surface area contributed by atoms with Gasteiger partial charge in [0.05, 0.1) is 5.03 Å². The molecule has 3 aromatic heterocycles. The van der Waals surface area contributed by atoms with Crippen LogP contribution in [0.3, 0.4) is 0 Å². The number of nitrogens with zero attached hydrogens (tertiary/aromatic N) is 3. The summed E-state index contributed by atoms with van der Waals surface area (Å²) < 4.78 is 4.05. The van der Waals surface area contributed by atoms with Crippen LogP contribution in [0.1, 0.15) is 45.1 Å². The van der Waals surface area contributed by atoms with Crippen molar-refractivity contribution in [3.05, 3.63) is 46.4 Å². The molecule has 0 aromatic carbocycles. The van der Waals surface area contributed by atoms with Crippen molar-refractivity contribution in [1.29, 1.82) is 0 Å². The Kier molecular flexibility index (Phi) is 3.69. The maximum Gasteiger partial charge on any atom is 0.252 e. The van der Waals surface area contributed by atoms with Crippen LogP contribution in [0.5, 0.6) is 0 Å². The van der Waals surface area contributed by atoms with Gasteiger partial charge in [0.2, 0.25) is 0 Å². The number of fused-ring (bicyclic) bond motifs is 2. The largest absolute Gasteiger partial charge is 0.365 e. The van der Waals surface area contributed by atoms with E-state index in [0.29, 0.717) is 5.92 Å². The predicted molar refractivity (Wildman–Crippen MR) is 111 cm³/mol. The lowest BCUT2D eigenvalue weighted by atomic mass is 10.0. The van der Waals surface area contributed by atoms with Gasteiger partial charge in [0, 0.05) is 35.7 Å². The highest BCUT2D eigenvalue weighted by Crippen LogP contribution is 2.49. The first-order valence-electron chi connectivity index (χ1n) is 9.58. The van der Waals surface area contributed by atoms with E-state index in [0.717, 1.165) is 35.0 Å². The van der Waals surface area contributed by atoms with Gasteiger partial charge in [0.1, 0.15) is 17.2 Å². The van der Waals surface area contributed by atoms with E-state index in [1.54, 1.807) is 0 Å². The summed E-state index contributed by atoms with van der Waals surface area (Å²) in [6, 6.07) is 7.85. The number of anilines is 1. The molecule has 1 aliphatic heterocycles. The Morgan fingerprint density at radius 3 is 2.81 bits per heavy atom. The van der Waals surface area contributed by atoms with E-state index >= 15 is 0 Å². The van der Waals surface area contributed by atoms with Crippen LogP contribution >= 0.6 is 11.8 Å². The minimum atomic E-state index is -0.110. The molecule has 140 valence electrons. The fraction of sp³-hybridized carbons (Fsp3) is 0.429. The first-order chi connectivity index (χ1) is 12.9. The minimum absolute atomic E-state index is 0.0909. The molecule has 3 aromatic rings. The third-order valence-corrected chi connectivity index (χ3v) is 6.22. The molecule has 0 unspecified atom stereocenters. The second-order valence-corrected chi connectivity index (χ2v) is 9.59. The van der Waals surface area contributed by atoms with Crippen molar-refractivity contribution in [1.82, 2.24) is 14.0 Å². The van der Waals surface area contributed by atoms with E-state index in [9.17, 15) is 4.79 Å². The molecule has 5 nitrogen and oxygen atoms in total. The van der Waals surface area contributed by atoms with E-state index in [-0.39, 0.29) is 11.1 Å². The van der Waals surface area contributed by atoms with Crippen molar-refractivity contribution >= 4 is 23.2 Å². The first kappa shape index (κ1) is 16.9. The van der Waals surface area contributed by atoms with Gasteiger partial charge in [-0.25, -0.2) is 4.98 Å². The molecule has 27 heavy (non-hydrogen) atoms. The maximum absolute atomic E-state index is 12.8. The van der Waals surface area contributed by atoms with Gasteiger partial charge in [-0.05, 0) is 57.2 Å². The van der Waals surface area contributed by atoms with Gasteiger partial charge >= 0.3 is 0 Å². The van der Waals surface area contributed by atoms with Crippen LogP contribution in [0.15, 0.2) is 40.3 Å². The fourth-order valence-corrected chi connectivity index (χ4v) is 5.10. The molecule has 1 aliphatic carbocycles. The molecule has 0 radical (unpaired) electrons. The molecule has 0 amide bonds. The monoisotopic (exact) mass is 380 g/mol. The SMILES string of the molecule is CC(C)(C)Nc1c(-c2cc(=O)n3c(c2C2CC2)SCC3)nc2ccccn12. The van der Waals surface area contributed by atoms with Crippen LogP contribution in [0.2, 0.25) is 0 Å². The number of thioether (sulfide) groups is 1. The van der Waals surface area contributed by atoms with Crippen molar-refractivity contribution in [2.75, 3.05) is 11.1 Å². The summed E-state index contributed by atoms with van der Waals surface area (Å²) in [5.74, 6) is 2.50. The molecule has 0 atom stereocenters. The molecule has 0 bridgehead atoms. The molecular weight excluding hydrogens is 356 g/mol. The van der Waals surface area contributed by atoms with E-state index in [4.69, 9.17) is 4.98 Å². The van der Waals surface area contributed by atoms with Crippen molar-refractivity contribution in [3.8, 4) is 11.3 Å². The molecule has 2 aliphatic rings. The first-order valence-corrected chi connectivity index (χ1v) is 10.6. The molecule has 6 heteroatoms. The van der Waals surface area contributed by atoms with E-state index < -0.39 is 0 Å². The molecule has 0 saturated heterocycles. The smallest absolute Gasteiger partial charge is 0.252 e. The van der Waals surface area contributed by atoms with Gasteiger partial charge in [-0.1, -0.05) is 6.07 Å². The normalized spacial score (nSPS) is 16.7. The summed E-state index contributed by atoms with van der Waals surface area (Å²) in [5.41, 5.74) is 4.12. The van der Waals surface area contributed by atoms with Crippen molar-refractivity contribution in [2.45, 2.75) is 56.6 Å². The van der Waals surface area contributed by atoms with Gasteiger partial charge in [0.25, 0.3) is 5.56 Å². The number of pyridine rings is 2. The van der Waals surface area contributed by atoms with Crippen LogP contribution in [0, 0.1) is 0 Å². The Hall–Kier alpha value is -2.21. The zero-order valence-electron chi connectivity index (χ0n) is 16.0. The fourth-order valence-electron chi connectivity index (χ4n) is 3.86. The highest BCUT2D eigenvalue weighted by molar-refractivity contribution is 7.99. The molecule has 1 fully saturated rings. The molecule has 0 spiro atoms. The van der Waals surface area contributed by atoms with Crippen LogP contribution in [-0.2, 0) is 6.54 Å². The van der Waals surface area contributed by atoms with Gasteiger partial charge in [-0.3, -0.25) is 9.20 Å². The zero-order valence-corrected chi connectivity index (χ0v) is 16.8. The molecule has 5 rings (SSSR count). The standard InChI is InChI=1S/C21H24N4OS/c1-21(2,3)23-19-18(22-15-6-4-5-9-24(15)19)14-12-16(26)25-10-11-27-20(25)17(14)13-7-8-13/h4-6,9,12-13,23H,7-8,10-11H2,1-3H3. The average Bonchev–Trinajstić information content (AvgIpc) is 3.21. The number of rotatable bonds is 3. The summed E-state index contributed by atoms with van der Waals surface area (Å²) >= 11 is 1.82. The molecule has 1 N–H and O–H groups in total. The number of aromatic nitrogens is 3. The molecular formula is C21H24N4OS. The van der Waals surface area contributed by atoms with Crippen molar-refractivity contribution in [2.24, 2.45) is 0 Å². The van der Waals surface area contributed by atoms with Crippen LogP contribution in [0.25, 0.3) is 16.9 Å². The Balaban J connectivity index is 1.81. The zero-order chi connectivity index (χ0) is 18.8. The van der Waals surface area contributed by atoms with Gasteiger partial charge in [0.15, 0.2) is 0 Å². The molecule has 1 saturated carbocycles.